The second kappa shape index (κ2) is 8.91. The van der Waals surface area contributed by atoms with E-state index in [1.807, 2.05) is 6.92 Å². The van der Waals surface area contributed by atoms with E-state index in [-0.39, 0.29) is 35.9 Å². The molecule has 1 aromatic heterocycles. The molecule has 0 unspecified atom stereocenters. The van der Waals surface area contributed by atoms with E-state index >= 15 is 0 Å². The SMILES string of the molecule is COCCOc1cc(N)c(C(=N)C(=O)/C=C(\N)c2ccc(C)nc2)cc1F. The number of nitrogens with two attached hydrogens (primary N) is 2. The van der Waals surface area contributed by atoms with Gasteiger partial charge in [0.05, 0.1) is 6.61 Å². The van der Waals surface area contributed by atoms with Crippen molar-refractivity contribution < 1.29 is 18.7 Å². The Labute approximate surface area is 156 Å². The zero-order valence-corrected chi connectivity index (χ0v) is 15.1. The Kier molecular flexibility index (Phi) is 6.62. The number of anilines is 1. The van der Waals surface area contributed by atoms with Crippen molar-refractivity contribution in [1.82, 2.24) is 4.98 Å². The van der Waals surface area contributed by atoms with Gasteiger partial charge in [0.1, 0.15) is 12.3 Å². The van der Waals surface area contributed by atoms with Crippen LogP contribution in [0.15, 0.2) is 36.5 Å². The average Bonchev–Trinajstić information content (AvgIpc) is 2.64. The summed E-state index contributed by atoms with van der Waals surface area (Å²) in [7, 11) is 1.50. The van der Waals surface area contributed by atoms with Crippen LogP contribution >= 0.6 is 0 Å². The van der Waals surface area contributed by atoms with Gasteiger partial charge in [0.2, 0.25) is 5.78 Å². The molecule has 27 heavy (non-hydrogen) atoms. The molecule has 2 rings (SSSR count). The Morgan fingerprint density at radius 1 is 1.33 bits per heavy atom. The number of nitrogens with one attached hydrogen (secondary N) is 1. The number of benzene rings is 1. The van der Waals surface area contributed by atoms with Gasteiger partial charge in [0.15, 0.2) is 11.6 Å². The van der Waals surface area contributed by atoms with Crippen LogP contribution in [0.5, 0.6) is 5.75 Å². The van der Waals surface area contributed by atoms with Crippen LogP contribution < -0.4 is 16.2 Å². The number of hydrogen-bond acceptors (Lipinski definition) is 7. The molecule has 8 heteroatoms. The average molecular weight is 372 g/mol. The normalized spacial score (nSPS) is 11.3. The molecule has 0 amide bonds. The number of carbonyl (C=O) groups is 1. The van der Waals surface area contributed by atoms with Crippen molar-refractivity contribution in [3.8, 4) is 5.75 Å². The molecule has 0 aliphatic carbocycles. The van der Waals surface area contributed by atoms with E-state index in [2.05, 4.69) is 4.98 Å². The first-order valence-corrected chi connectivity index (χ1v) is 8.07. The maximum absolute atomic E-state index is 14.2. The number of rotatable bonds is 8. The molecule has 0 fully saturated rings. The van der Waals surface area contributed by atoms with Gasteiger partial charge in [-0.3, -0.25) is 15.2 Å². The summed E-state index contributed by atoms with van der Waals surface area (Å²) in [6, 6.07) is 5.70. The second-order valence-electron chi connectivity index (χ2n) is 5.74. The largest absolute Gasteiger partial charge is 0.488 e. The first-order valence-electron chi connectivity index (χ1n) is 8.07. The van der Waals surface area contributed by atoms with Crippen molar-refractivity contribution >= 4 is 22.9 Å². The Hall–Kier alpha value is -3.26. The minimum atomic E-state index is -0.729. The molecule has 1 aromatic carbocycles. The van der Waals surface area contributed by atoms with Crippen molar-refractivity contribution in [3.63, 3.8) is 0 Å². The van der Waals surface area contributed by atoms with Crippen LogP contribution in [-0.4, -0.2) is 36.8 Å². The monoisotopic (exact) mass is 372 g/mol. The maximum Gasteiger partial charge on any atom is 0.206 e. The maximum atomic E-state index is 14.2. The molecule has 0 spiro atoms. The number of allylic oxidation sites excluding steroid dienone is 1. The summed E-state index contributed by atoms with van der Waals surface area (Å²) in [6.45, 7) is 2.25. The molecule has 0 atom stereocenters. The fourth-order valence-electron chi connectivity index (χ4n) is 2.20. The molecule has 0 aliphatic heterocycles. The van der Waals surface area contributed by atoms with E-state index < -0.39 is 17.3 Å². The van der Waals surface area contributed by atoms with Crippen LogP contribution in [0.2, 0.25) is 0 Å². The van der Waals surface area contributed by atoms with Crippen LogP contribution in [0.3, 0.4) is 0 Å². The number of methoxy groups -OCH3 is 1. The van der Waals surface area contributed by atoms with Crippen LogP contribution in [0.4, 0.5) is 10.1 Å². The number of halogens is 1. The predicted molar refractivity (Wildman–Crippen MR) is 101 cm³/mol. The number of hydrogen-bond donors (Lipinski definition) is 3. The van der Waals surface area contributed by atoms with Crippen molar-refractivity contribution in [2.24, 2.45) is 5.73 Å². The summed E-state index contributed by atoms with van der Waals surface area (Å²) in [5, 5.41) is 8.03. The number of carbonyl (C=O) groups excluding carboxylic acids is 1. The molecular formula is C19H21FN4O3. The van der Waals surface area contributed by atoms with Crippen LogP contribution in [-0.2, 0) is 9.53 Å². The summed E-state index contributed by atoms with van der Waals surface area (Å²) in [5.41, 5.74) is 12.8. The third kappa shape index (κ3) is 5.11. The van der Waals surface area contributed by atoms with Crippen LogP contribution in [0.1, 0.15) is 16.8 Å². The second-order valence-corrected chi connectivity index (χ2v) is 5.74. The lowest BCUT2D eigenvalue weighted by molar-refractivity contribution is -0.108. The minimum Gasteiger partial charge on any atom is -0.488 e. The van der Waals surface area contributed by atoms with E-state index in [0.717, 1.165) is 17.8 Å². The number of nitrogens with zero attached hydrogens (tertiary/aromatic N) is 1. The summed E-state index contributed by atoms with van der Waals surface area (Å²) in [4.78, 5) is 16.4. The van der Waals surface area contributed by atoms with Gasteiger partial charge in [-0.25, -0.2) is 4.39 Å². The number of aromatic nitrogens is 1. The van der Waals surface area contributed by atoms with E-state index in [4.69, 9.17) is 26.4 Å². The molecule has 0 radical (unpaired) electrons. The Morgan fingerprint density at radius 2 is 2.07 bits per heavy atom. The van der Waals surface area contributed by atoms with Gasteiger partial charge >= 0.3 is 0 Å². The van der Waals surface area contributed by atoms with E-state index in [9.17, 15) is 9.18 Å². The number of nitrogen functional groups attached to an aromatic ring is 1. The highest BCUT2D eigenvalue weighted by Gasteiger charge is 2.17. The van der Waals surface area contributed by atoms with Gasteiger partial charge in [-0.2, -0.15) is 0 Å². The predicted octanol–water partition coefficient (Wildman–Crippen LogP) is 2.07. The van der Waals surface area contributed by atoms with Crippen molar-refractivity contribution in [2.75, 3.05) is 26.1 Å². The Bertz CT molecular complexity index is 879. The number of ether oxygens (including phenoxy) is 2. The fraction of sp³-hybridized carbons (Fsp3) is 0.211. The van der Waals surface area contributed by atoms with Crippen LogP contribution in [0.25, 0.3) is 5.70 Å². The van der Waals surface area contributed by atoms with Crippen LogP contribution in [0, 0.1) is 18.2 Å². The van der Waals surface area contributed by atoms with Crippen molar-refractivity contribution in [2.45, 2.75) is 6.92 Å². The van der Waals surface area contributed by atoms with Gasteiger partial charge < -0.3 is 20.9 Å². The molecule has 0 saturated heterocycles. The molecule has 5 N–H and O–H groups in total. The lowest BCUT2D eigenvalue weighted by atomic mass is 10.0. The number of pyridine rings is 1. The van der Waals surface area contributed by atoms with E-state index in [1.165, 1.54) is 19.4 Å². The van der Waals surface area contributed by atoms with Gasteiger partial charge in [-0.1, -0.05) is 0 Å². The summed E-state index contributed by atoms with van der Waals surface area (Å²) >= 11 is 0. The van der Waals surface area contributed by atoms with Gasteiger partial charge in [-0.15, -0.1) is 0 Å². The topological polar surface area (TPSA) is 124 Å². The molecule has 7 nitrogen and oxygen atoms in total. The standard InChI is InChI=1S/C19H21FN4O3/c1-11-3-4-12(10-24-11)15(21)8-17(25)19(23)13-7-14(20)18(9-16(13)22)27-6-5-26-2/h3-4,7-10,23H,5-6,21-22H2,1-2H3/b15-8-,23-19?. The van der Waals surface area contributed by atoms with E-state index in [0.29, 0.717) is 5.56 Å². The molecule has 0 bridgehead atoms. The minimum absolute atomic E-state index is 0.0392. The Morgan fingerprint density at radius 3 is 2.70 bits per heavy atom. The number of aryl methyl sites for hydroxylation is 1. The summed E-state index contributed by atoms with van der Waals surface area (Å²) < 4.78 is 24.2. The van der Waals surface area contributed by atoms with Gasteiger partial charge in [-0.05, 0) is 25.1 Å². The molecule has 1 heterocycles. The van der Waals surface area contributed by atoms with E-state index in [1.54, 1.807) is 12.1 Å². The van der Waals surface area contributed by atoms with Crippen molar-refractivity contribution in [1.29, 1.82) is 5.41 Å². The molecular weight excluding hydrogens is 351 g/mol. The smallest absolute Gasteiger partial charge is 0.206 e. The lowest BCUT2D eigenvalue weighted by Crippen LogP contribution is -2.16. The number of ketones is 1. The highest BCUT2D eigenvalue weighted by Crippen LogP contribution is 2.25. The lowest BCUT2D eigenvalue weighted by Gasteiger charge is -2.11. The van der Waals surface area contributed by atoms with Gasteiger partial charge in [0, 0.05) is 53.7 Å². The zero-order valence-electron chi connectivity index (χ0n) is 15.1. The Balaban J connectivity index is 2.21. The summed E-state index contributed by atoms with van der Waals surface area (Å²) in [5.74, 6) is -1.51. The van der Waals surface area contributed by atoms with Gasteiger partial charge in [0.25, 0.3) is 0 Å². The molecule has 0 aliphatic rings. The fourth-order valence-corrected chi connectivity index (χ4v) is 2.20. The highest BCUT2D eigenvalue weighted by molar-refractivity contribution is 6.50. The highest BCUT2D eigenvalue weighted by atomic mass is 19.1. The third-order valence-corrected chi connectivity index (χ3v) is 3.70. The third-order valence-electron chi connectivity index (χ3n) is 3.70. The zero-order chi connectivity index (χ0) is 20.0. The molecule has 142 valence electrons. The summed E-state index contributed by atoms with van der Waals surface area (Å²) in [6.07, 6.45) is 2.62. The molecule has 0 saturated carbocycles. The first-order chi connectivity index (χ1) is 12.8. The quantitative estimate of drug-likeness (QED) is 0.282. The van der Waals surface area contributed by atoms with Crippen molar-refractivity contribution in [3.05, 3.63) is 59.2 Å². The first kappa shape index (κ1) is 20.1. The molecule has 2 aromatic rings.